The van der Waals surface area contributed by atoms with Gasteiger partial charge in [0.05, 0.1) is 23.7 Å². The number of amides is 1. The van der Waals surface area contributed by atoms with Gasteiger partial charge in [-0.2, -0.15) is 0 Å². The lowest BCUT2D eigenvalue weighted by molar-refractivity contribution is -0.384. The molecule has 0 spiro atoms. The Balaban J connectivity index is 1.96. The minimum absolute atomic E-state index is 0.0393. The zero-order valence-corrected chi connectivity index (χ0v) is 15.4. The van der Waals surface area contributed by atoms with Crippen LogP contribution in [0.1, 0.15) is 36.5 Å². The molecule has 9 nitrogen and oxygen atoms in total. The molecule has 1 aliphatic heterocycles. The molecule has 1 heterocycles. The molecule has 0 radical (unpaired) electrons. The van der Waals surface area contributed by atoms with E-state index < -0.39 is 17.5 Å². The van der Waals surface area contributed by atoms with E-state index in [1.165, 1.54) is 18.2 Å². The van der Waals surface area contributed by atoms with Crippen molar-refractivity contribution in [3.05, 3.63) is 33.9 Å². The summed E-state index contributed by atoms with van der Waals surface area (Å²) in [6.45, 7) is 4.26. The number of esters is 1. The summed E-state index contributed by atoms with van der Waals surface area (Å²) in [7, 11) is 0. The van der Waals surface area contributed by atoms with Crippen LogP contribution in [0, 0.1) is 10.1 Å². The maximum atomic E-state index is 12.1. The number of nitro benzene ring substituents is 1. The van der Waals surface area contributed by atoms with E-state index in [9.17, 15) is 19.7 Å². The summed E-state index contributed by atoms with van der Waals surface area (Å²) in [5.74, 6) is -1.16. The number of hydrogen-bond donors (Lipinski definition) is 1. The van der Waals surface area contributed by atoms with Crippen molar-refractivity contribution in [3.63, 3.8) is 0 Å². The second-order valence-electron chi connectivity index (χ2n) is 6.19. The quantitative estimate of drug-likeness (QED) is 0.302. The number of nitrogens with zero attached hydrogens (tertiary/aromatic N) is 2. The third kappa shape index (κ3) is 6.21. The highest BCUT2D eigenvalue weighted by Crippen LogP contribution is 2.30. The molecule has 1 saturated heterocycles. The Morgan fingerprint density at radius 1 is 1.30 bits per heavy atom. The number of benzene rings is 1. The summed E-state index contributed by atoms with van der Waals surface area (Å²) < 4.78 is 10.2. The Hall–Kier alpha value is -2.68. The molecule has 1 amide bonds. The number of carbonyl (C=O) groups is 2. The van der Waals surface area contributed by atoms with Gasteiger partial charge in [-0.25, -0.2) is 4.79 Å². The Bertz CT molecular complexity index is 673. The molecule has 27 heavy (non-hydrogen) atoms. The van der Waals surface area contributed by atoms with E-state index in [1.54, 1.807) is 0 Å². The molecule has 0 bridgehead atoms. The van der Waals surface area contributed by atoms with Crippen molar-refractivity contribution in [1.29, 1.82) is 0 Å². The van der Waals surface area contributed by atoms with Crippen LogP contribution in [0.3, 0.4) is 0 Å². The summed E-state index contributed by atoms with van der Waals surface area (Å²) in [5.41, 5.74) is 0.307. The smallest absolute Gasteiger partial charge is 0.338 e. The van der Waals surface area contributed by atoms with Crippen LogP contribution < -0.4 is 10.2 Å². The molecule has 0 aliphatic carbocycles. The fraction of sp³-hybridized carbons (Fsp3) is 0.556. The van der Waals surface area contributed by atoms with Crippen molar-refractivity contribution in [2.75, 3.05) is 44.4 Å². The number of nitrogens with one attached hydrogen (secondary N) is 1. The van der Waals surface area contributed by atoms with Gasteiger partial charge in [-0.1, -0.05) is 19.8 Å². The standard InChI is InChI=1S/C18H25N3O6/c1-2-3-4-7-19-17(22)13-27-18(23)14-5-6-15(16(12-14)21(24)25)20-8-10-26-11-9-20/h5-6,12H,2-4,7-11,13H2,1H3,(H,19,22). The second kappa shape index (κ2) is 10.5. The molecule has 0 atom stereocenters. The fourth-order valence-corrected chi connectivity index (χ4v) is 2.74. The van der Waals surface area contributed by atoms with E-state index in [0.29, 0.717) is 38.5 Å². The summed E-state index contributed by atoms with van der Waals surface area (Å²) in [6, 6.07) is 4.19. The van der Waals surface area contributed by atoms with Crippen LogP contribution in [0.5, 0.6) is 0 Å². The molecule has 9 heteroatoms. The van der Waals surface area contributed by atoms with E-state index in [4.69, 9.17) is 9.47 Å². The van der Waals surface area contributed by atoms with Crippen molar-refractivity contribution in [2.24, 2.45) is 0 Å². The van der Waals surface area contributed by atoms with Crippen LogP contribution in [0.15, 0.2) is 18.2 Å². The topological polar surface area (TPSA) is 111 Å². The van der Waals surface area contributed by atoms with E-state index in [1.807, 2.05) is 4.90 Å². The number of nitro groups is 1. The first-order valence-electron chi connectivity index (χ1n) is 9.08. The molecule has 1 aliphatic rings. The second-order valence-corrected chi connectivity index (χ2v) is 6.19. The maximum absolute atomic E-state index is 12.1. The SMILES string of the molecule is CCCCCNC(=O)COC(=O)c1ccc(N2CCOCC2)c([N+](=O)[O-])c1. The normalized spacial score (nSPS) is 13.9. The molecule has 1 aromatic rings. The number of morpholine rings is 1. The van der Waals surface area contributed by atoms with E-state index in [-0.39, 0.29) is 17.2 Å². The first kappa shape index (κ1) is 20.6. The Morgan fingerprint density at radius 3 is 2.70 bits per heavy atom. The number of unbranched alkanes of at least 4 members (excludes halogenated alkanes) is 2. The summed E-state index contributed by atoms with van der Waals surface area (Å²) in [5, 5.41) is 14.1. The Labute approximate surface area is 157 Å². The van der Waals surface area contributed by atoms with Crippen molar-refractivity contribution < 1.29 is 24.0 Å². The zero-order chi connectivity index (χ0) is 19.6. The maximum Gasteiger partial charge on any atom is 0.338 e. The van der Waals surface area contributed by atoms with Gasteiger partial charge in [0, 0.05) is 25.7 Å². The molecular weight excluding hydrogens is 354 g/mol. The predicted molar refractivity (Wildman–Crippen MR) is 98.9 cm³/mol. The first-order valence-corrected chi connectivity index (χ1v) is 9.08. The lowest BCUT2D eigenvalue weighted by atomic mass is 10.1. The van der Waals surface area contributed by atoms with Gasteiger partial charge in [0.15, 0.2) is 6.61 Å². The molecular formula is C18H25N3O6. The molecule has 1 fully saturated rings. The first-order chi connectivity index (χ1) is 13.0. The number of carbonyl (C=O) groups excluding carboxylic acids is 2. The van der Waals surface area contributed by atoms with Gasteiger partial charge >= 0.3 is 5.97 Å². The fourth-order valence-electron chi connectivity index (χ4n) is 2.74. The average molecular weight is 379 g/mol. The molecule has 0 aromatic heterocycles. The lowest BCUT2D eigenvalue weighted by Crippen LogP contribution is -2.36. The Morgan fingerprint density at radius 2 is 2.04 bits per heavy atom. The van der Waals surface area contributed by atoms with Crippen molar-refractivity contribution in [1.82, 2.24) is 5.32 Å². The molecule has 0 saturated carbocycles. The van der Waals surface area contributed by atoms with Gasteiger partial charge in [-0.3, -0.25) is 14.9 Å². The minimum Gasteiger partial charge on any atom is -0.452 e. The van der Waals surface area contributed by atoms with Gasteiger partial charge in [0.1, 0.15) is 5.69 Å². The average Bonchev–Trinajstić information content (AvgIpc) is 2.69. The largest absolute Gasteiger partial charge is 0.452 e. The third-order valence-electron chi connectivity index (χ3n) is 4.20. The van der Waals surface area contributed by atoms with E-state index >= 15 is 0 Å². The molecule has 1 N–H and O–H groups in total. The van der Waals surface area contributed by atoms with Crippen molar-refractivity contribution in [3.8, 4) is 0 Å². The predicted octanol–water partition coefficient (Wildman–Crippen LogP) is 1.89. The molecule has 0 unspecified atom stereocenters. The van der Waals surface area contributed by atoms with Gasteiger partial charge in [0.2, 0.25) is 0 Å². The summed E-state index contributed by atoms with van der Waals surface area (Å²) in [6.07, 6.45) is 2.93. The van der Waals surface area contributed by atoms with Gasteiger partial charge in [-0.15, -0.1) is 0 Å². The number of ether oxygens (including phenoxy) is 2. The van der Waals surface area contributed by atoms with Crippen LogP contribution in [-0.2, 0) is 14.3 Å². The number of rotatable bonds is 9. The van der Waals surface area contributed by atoms with Gasteiger partial charge < -0.3 is 19.7 Å². The monoisotopic (exact) mass is 379 g/mol. The number of anilines is 1. The minimum atomic E-state index is -0.768. The van der Waals surface area contributed by atoms with Crippen molar-refractivity contribution >= 4 is 23.3 Å². The molecule has 2 rings (SSSR count). The summed E-state index contributed by atoms with van der Waals surface area (Å²) in [4.78, 5) is 36.5. The van der Waals surface area contributed by atoms with Crippen LogP contribution in [0.2, 0.25) is 0 Å². The highest BCUT2D eigenvalue weighted by molar-refractivity contribution is 5.93. The molecule has 1 aromatic carbocycles. The van der Waals surface area contributed by atoms with E-state index in [2.05, 4.69) is 12.2 Å². The highest BCUT2D eigenvalue weighted by Gasteiger charge is 2.24. The zero-order valence-electron chi connectivity index (χ0n) is 15.4. The van der Waals surface area contributed by atoms with Crippen LogP contribution in [-0.4, -0.2) is 56.3 Å². The van der Waals surface area contributed by atoms with Crippen LogP contribution >= 0.6 is 0 Å². The van der Waals surface area contributed by atoms with E-state index in [0.717, 1.165) is 19.3 Å². The van der Waals surface area contributed by atoms with Crippen molar-refractivity contribution in [2.45, 2.75) is 26.2 Å². The van der Waals surface area contributed by atoms with Gasteiger partial charge in [0.25, 0.3) is 11.6 Å². The lowest BCUT2D eigenvalue weighted by Gasteiger charge is -2.28. The summed E-state index contributed by atoms with van der Waals surface area (Å²) >= 11 is 0. The third-order valence-corrected chi connectivity index (χ3v) is 4.20. The van der Waals surface area contributed by atoms with Crippen LogP contribution in [0.4, 0.5) is 11.4 Å². The molecule has 148 valence electrons. The Kier molecular flexibility index (Phi) is 8.00. The number of hydrogen-bond acceptors (Lipinski definition) is 7. The highest BCUT2D eigenvalue weighted by atomic mass is 16.6. The van der Waals surface area contributed by atoms with Gasteiger partial charge in [-0.05, 0) is 18.6 Å². The van der Waals surface area contributed by atoms with Crippen LogP contribution in [0.25, 0.3) is 0 Å².